The quantitative estimate of drug-likeness (QED) is 0.834. The van der Waals surface area contributed by atoms with Crippen molar-refractivity contribution in [2.24, 2.45) is 5.73 Å². The molecule has 0 saturated heterocycles. The van der Waals surface area contributed by atoms with E-state index in [-0.39, 0.29) is 18.3 Å². The summed E-state index contributed by atoms with van der Waals surface area (Å²) < 4.78 is 0. The van der Waals surface area contributed by atoms with Crippen LogP contribution in [0.1, 0.15) is 24.5 Å². The van der Waals surface area contributed by atoms with E-state index >= 15 is 0 Å². The number of hydrogen-bond acceptors (Lipinski definition) is 2. The third kappa shape index (κ3) is 2.79. The van der Waals surface area contributed by atoms with Crippen molar-refractivity contribution in [2.75, 3.05) is 11.4 Å². The summed E-state index contributed by atoms with van der Waals surface area (Å²) in [7, 11) is 0. The summed E-state index contributed by atoms with van der Waals surface area (Å²) >= 11 is 0. The molecular formula is C13H19ClN2O. The Hall–Kier alpha value is -1.06. The Morgan fingerprint density at radius 3 is 2.82 bits per heavy atom. The van der Waals surface area contributed by atoms with Gasteiger partial charge in [0.05, 0.1) is 6.04 Å². The van der Waals surface area contributed by atoms with Crippen LogP contribution in [0, 0.1) is 6.92 Å². The third-order valence-corrected chi connectivity index (χ3v) is 3.01. The number of aryl methyl sites for hydroxylation is 2. The first-order valence-corrected chi connectivity index (χ1v) is 5.76. The largest absolute Gasteiger partial charge is 0.320 e. The van der Waals surface area contributed by atoms with E-state index in [1.165, 1.54) is 11.1 Å². The van der Waals surface area contributed by atoms with Crippen LogP contribution in [-0.4, -0.2) is 18.5 Å². The first-order chi connectivity index (χ1) is 7.59. The fourth-order valence-corrected chi connectivity index (χ4v) is 2.20. The highest BCUT2D eigenvalue weighted by Gasteiger charge is 2.24. The maximum atomic E-state index is 11.9. The van der Waals surface area contributed by atoms with Crippen LogP contribution < -0.4 is 10.6 Å². The summed E-state index contributed by atoms with van der Waals surface area (Å²) in [6.07, 6.45) is 2.08. The minimum atomic E-state index is -0.424. The maximum absolute atomic E-state index is 11.9. The molecule has 1 aliphatic rings. The number of hydrogen-bond donors (Lipinski definition) is 1. The molecule has 17 heavy (non-hydrogen) atoms. The smallest absolute Gasteiger partial charge is 0.243 e. The molecule has 0 spiro atoms. The number of fused-ring (bicyclic) bond motifs is 1. The number of nitrogens with two attached hydrogens (primary N) is 1. The monoisotopic (exact) mass is 254 g/mol. The number of amides is 1. The predicted molar refractivity (Wildman–Crippen MR) is 72.8 cm³/mol. The second-order valence-corrected chi connectivity index (χ2v) is 4.51. The molecule has 0 aromatic heterocycles. The molecule has 1 atom stereocenters. The van der Waals surface area contributed by atoms with Gasteiger partial charge in [-0.2, -0.15) is 0 Å². The van der Waals surface area contributed by atoms with Gasteiger partial charge in [0.2, 0.25) is 5.91 Å². The van der Waals surface area contributed by atoms with Crippen molar-refractivity contribution in [2.45, 2.75) is 32.7 Å². The van der Waals surface area contributed by atoms with Gasteiger partial charge in [-0.15, -0.1) is 12.4 Å². The molecule has 1 aromatic rings. The average Bonchev–Trinajstić information content (AvgIpc) is 2.26. The summed E-state index contributed by atoms with van der Waals surface area (Å²) in [5.41, 5.74) is 9.21. The molecule has 1 heterocycles. The van der Waals surface area contributed by atoms with Gasteiger partial charge in [-0.05, 0) is 38.3 Å². The number of nitrogens with zero attached hydrogens (tertiary/aromatic N) is 1. The zero-order valence-electron chi connectivity index (χ0n) is 10.3. The minimum absolute atomic E-state index is 0. The van der Waals surface area contributed by atoms with Gasteiger partial charge in [0.1, 0.15) is 0 Å². The van der Waals surface area contributed by atoms with Gasteiger partial charge in [-0.25, -0.2) is 0 Å². The number of halogens is 1. The lowest BCUT2D eigenvalue weighted by atomic mass is 9.99. The lowest BCUT2D eigenvalue weighted by molar-refractivity contribution is -0.119. The summed E-state index contributed by atoms with van der Waals surface area (Å²) in [5, 5.41) is 0. The number of anilines is 1. The van der Waals surface area contributed by atoms with Gasteiger partial charge < -0.3 is 10.6 Å². The summed E-state index contributed by atoms with van der Waals surface area (Å²) in [4.78, 5) is 13.8. The van der Waals surface area contributed by atoms with Crippen LogP contribution in [0.25, 0.3) is 0 Å². The number of rotatable bonds is 1. The molecule has 0 saturated carbocycles. The number of carbonyl (C=O) groups excluding carboxylic acids is 1. The van der Waals surface area contributed by atoms with Gasteiger partial charge in [-0.1, -0.05) is 17.7 Å². The highest BCUT2D eigenvalue weighted by molar-refractivity contribution is 5.97. The number of benzene rings is 1. The molecule has 1 aliphatic heterocycles. The predicted octanol–water partition coefficient (Wildman–Crippen LogP) is 2.04. The Bertz CT molecular complexity index is 418. The summed E-state index contributed by atoms with van der Waals surface area (Å²) in [6, 6.07) is 5.82. The van der Waals surface area contributed by atoms with Crippen LogP contribution in [-0.2, 0) is 11.2 Å². The van der Waals surface area contributed by atoms with Gasteiger partial charge in [0.15, 0.2) is 0 Å². The summed E-state index contributed by atoms with van der Waals surface area (Å²) in [5.74, 6) is 0.0183. The van der Waals surface area contributed by atoms with Crippen molar-refractivity contribution in [3.63, 3.8) is 0 Å². The van der Waals surface area contributed by atoms with E-state index in [1.807, 2.05) is 17.0 Å². The van der Waals surface area contributed by atoms with Crippen LogP contribution in [0.4, 0.5) is 5.69 Å². The Morgan fingerprint density at radius 1 is 1.47 bits per heavy atom. The average molecular weight is 255 g/mol. The van der Waals surface area contributed by atoms with E-state index in [2.05, 4.69) is 13.0 Å². The van der Waals surface area contributed by atoms with Crippen molar-refractivity contribution in [1.29, 1.82) is 0 Å². The van der Waals surface area contributed by atoms with Crippen LogP contribution in [0.15, 0.2) is 18.2 Å². The first kappa shape index (κ1) is 14.0. The van der Waals surface area contributed by atoms with Crippen molar-refractivity contribution in [1.82, 2.24) is 0 Å². The van der Waals surface area contributed by atoms with E-state index in [4.69, 9.17) is 5.73 Å². The lowest BCUT2D eigenvalue weighted by Gasteiger charge is -2.31. The molecule has 0 fully saturated rings. The standard InChI is InChI=1S/C13H18N2O.ClH/c1-9-5-6-12-11(8-9)4-3-7-15(12)13(16)10(2)14;/h5-6,8,10H,3-4,7,14H2,1-2H3;1H/t10-;/m1./s1. The Balaban J connectivity index is 0.00000144. The van der Waals surface area contributed by atoms with E-state index in [9.17, 15) is 4.79 Å². The first-order valence-electron chi connectivity index (χ1n) is 5.76. The van der Waals surface area contributed by atoms with Crippen molar-refractivity contribution in [3.8, 4) is 0 Å². The molecule has 2 rings (SSSR count). The van der Waals surface area contributed by atoms with Gasteiger partial charge in [0, 0.05) is 12.2 Å². The summed E-state index contributed by atoms with van der Waals surface area (Å²) in [6.45, 7) is 4.61. The van der Waals surface area contributed by atoms with Gasteiger partial charge >= 0.3 is 0 Å². The zero-order chi connectivity index (χ0) is 11.7. The maximum Gasteiger partial charge on any atom is 0.243 e. The van der Waals surface area contributed by atoms with E-state index < -0.39 is 6.04 Å². The molecule has 94 valence electrons. The minimum Gasteiger partial charge on any atom is -0.320 e. The molecule has 0 aliphatic carbocycles. The Labute approximate surface area is 108 Å². The van der Waals surface area contributed by atoms with Gasteiger partial charge in [0.25, 0.3) is 0 Å². The molecule has 0 unspecified atom stereocenters. The molecule has 0 bridgehead atoms. The molecule has 4 heteroatoms. The second-order valence-electron chi connectivity index (χ2n) is 4.51. The number of carbonyl (C=O) groups is 1. The van der Waals surface area contributed by atoms with Crippen LogP contribution >= 0.6 is 12.4 Å². The fraction of sp³-hybridized carbons (Fsp3) is 0.462. The topological polar surface area (TPSA) is 46.3 Å². The van der Waals surface area contributed by atoms with Crippen LogP contribution in [0.5, 0.6) is 0 Å². The lowest BCUT2D eigenvalue weighted by Crippen LogP contribution is -2.44. The van der Waals surface area contributed by atoms with E-state index in [0.717, 1.165) is 25.1 Å². The molecule has 1 aromatic carbocycles. The van der Waals surface area contributed by atoms with E-state index in [1.54, 1.807) is 6.92 Å². The third-order valence-electron chi connectivity index (χ3n) is 3.01. The van der Waals surface area contributed by atoms with Crippen molar-refractivity contribution in [3.05, 3.63) is 29.3 Å². The van der Waals surface area contributed by atoms with E-state index in [0.29, 0.717) is 0 Å². The highest BCUT2D eigenvalue weighted by atomic mass is 35.5. The molecule has 3 nitrogen and oxygen atoms in total. The van der Waals surface area contributed by atoms with Crippen molar-refractivity contribution < 1.29 is 4.79 Å². The normalized spacial score (nSPS) is 15.8. The molecule has 0 radical (unpaired) electrons. The highest BCUT2D eigenvalue weighted by Crippen LogP contribution is 2.28. The molecular weight excluding hydrogens is 236 g/mol. The Kier molecular flexibility index (Phi) is 4.54. The SMILES string of the molecule is Cc1ccc2c(c1)CCCN2C(=O)[C@@H](C)N.Cl. The Morgan fingerprint density at radius 2 is 2.18 bits per heavy atom. The van der Waals surface area contributed by atoms with Crippen molar-refractivity contribution >= 4 is 24.0 Å². The molecule has 2 N–H and O–H groups in total. The fourth-order valence-electron chi connectivity index (χ4n) is 2.20. The second kappa shape index (κ2) is 5.52. The zero-order valence-corrected chi connectivity index (χ0v) is 11.1. The van der Waals surface area contributed by atoms with Gasteiger partial charge in [-0.3, -0.25) is 4.79 Å². The van der Waals surface area contributed by atoms with Crippen LogP contribution in [0.3, 0.4) is 0 Å². The van der Waals surface area contributed by atoms with Crippen LogP contribution in [0.2, 0.25) is 0 Å². The molecule has 1 amide bonds.